The van der Waals surface area contributed by atoms with Gasteiger partial charge in [0.1, 0.15) is 24.6 Å². The number of cyclic esters (lactones) is 1. The molecule has 0 spiro atoms. The van der Waals surface area contributed by atoms with E-state index in [4.69, 9.17) is 23.7 Å². The van der Waals surface area contributed by atoms with Gasteiger partial charge in [0.05, 0.1) is 30.5 Å². The summed E-state index contributed by atoms with van der Waals surface area (Å²) in [4.78, 5) is 72.3. The lowest BCUT2D eigenvalue weighted by molar-refractivity contribution is -0.265. The van der Waals surface area contributed by atoms with Crippen molar-refractivity contribution >= 4 is 29.2 Å². The molecule has 4 heterocycles. The molecule has 69 heavy (non-hydrogen) atoms. The second-order valence-electron chi connectivity index (χ2n) is 20.4. The molecule has 17 heteroatoms. The highest BCUT2D eigenvalue weighted by molar-refractivity contribution is 6.39. The number of aromatic nitrogens is 4. The van der Waals surface area contributed by atoms with Crippen LogP contribution in [0.4, 0.5) is 0 Å². The van der Waals surface area contributed by atoms with E-state index in [9.17, 15) is 34.2 Å². The summed E-state index contributed by atoms with van der Waals surface area (Å²) in [7, 11) is 4.63. The number of rotatable bonds is 7. The Balaban J connectivity index is 1.46. The highest BCUT2D eigenvalue weighted by Gasteiger charge is 2.53. The van der Waals surface area contributed by atoms with Gasteiger partial charge in [0.25, 0.3) is 11.7 Å². The summed E-state index contributed by atoms with van der Waals surface area (Å²) >= 11 is 0. The topological polar surface area (TPSA) is 219 Å². The van der Waals surface area contributed by atoms with Gasteiger partial charge in [0, 0.05) is 58.5 Å². The smallest absolute Gasteiger partial charge is 0.329 e. The molecule has 2 saturated heterocycles. The van der Waals surface area contributed by atoms with Gasteiger partial charge in [-0.15, -0.1) is 5.10 Å². The van der Waals surface area contributed by atoms with Crippen LogP contribution in [0.15, 0.2) is 53.9 Å². The first kappa shape index (κ1) is 55.7. The van der Waals surface area contributed by atoms with Gasteiger partial charge in [-0.05, 0) is 117 Å². The summed E-state index contributed by atoms with van der Waals surface area (Å²) in [6.45, 7) is 12.8. The molecule has 15 atom stereocenters. The van der Waals surface area contributed by atoms with E-state index >= 15 is 0 Å². The first-order valence-electron chi connectivity index (χ1n) is 25.0. The number of allylic oxidation sites excluding steroid dienone is 6. The monoisotopic (exact) mass is 966 g/mol. The normalized spacial score (nSPS) is 36.3. The molecule has 1 saturated carbocycles. The highest BCUT2D eigenvalue weighted by Crippen LogP contribution is 2.39. The maximum absolute atomic E-state index is 14.5. The molecule has 1 aromatic rings. The summed E-state index contributed by atoms with van der Waals surface area (Å²) in [6.07, 6.45) is 14.0. The zero-order valence-corrected chi connectivity index (χ0v) is 42.5. The summed E-state index contributed by atoms with van der Waals surface area (Å²) in [5.41, 5.74) is 1.20. The fourth-order valence-corrected chi connectivity index (χ4v) is 10.8. The van der Waals surface area contributed by atoms with Crippen LogP contribution in [0, 0.1) is 35.5 Å². The first-order valence-corrected chi connectivity index (χ1v) is 25.0. The van der Waals surface area contributed by atoms with Crippen LogP contribution < -0.4 is 0 Å². The van der Waals surface area contributed by atoms with Crippen LogP contribution in [0.1, 0.15) is 132 Å². The van der Waals surface area contributed by atoms with Crippen LogP contribution >= 0.6 is 0 Å². The fourth-order valence-electron chi connectivity index (χ4n) is 10.8. The number of aliphatic hydroxyl groups is 2. The molecule has 1 aliphatic carbocycles. The molecule has 1 amide bonds. The molecule has 0 radical (unpaired) electrons. The van der Waals surface area contributed by atoms with E-state index in [1.807, 2.05) is 58.1 Å². The molecule has 0 aromatic carbocycles. The number of esters is 1. The van der Waals surface area contributed by atoms with Gasteiger partial charge in [-0.2, -0.15) is 0 Å². The third-order valence-corrected chi connectivity index (χ3v) is 15.2. The molecule has 3 aliphatic heterocycles. The number of tetrazole rings is 1. The van der Waals surface area contributed by atoms with Gasteiger partial charge in [-0.3, -0.25) is 19.2 Å². The Kier molecular flexibility index (Phi) is 20.8. The average molecular weight is 966 g/mol. The highest BCUT2D eigenvalue weighted by atomic mass is 16.6. The van der Waals surface area contributed by atoms with Gasteiger partial charge in [-0.1, -0.05) is 71.1 Å². The number of carbonyl (C=O) groups excluding carboxylic acids is 5. The molecule has 17 nitrogen and oxygen atoms in total. The Morgan fingerprint density at radius 2 is 1.65 bits per heavy atom. The summed E-state index contributed by atoms with van der Waals surface area (Å²) in [5.74, 6) is -7.89. The van der Waals surface area contributed by atoms with Crippen molar-refractivity contribution < 1.29 is 57.9 Å². The van der Waals surface area contributed by atoms with Gasteiger partial charge in [0.2, 0.25) is 5.79 Å². The van der Waals surface area contributed by atoms with Crippen molar-refractivity contribution in [3.63, 3.8) is 0 Å². The summed E-state index contributed by atoms with van der Waals surface area (Å²) < 4.78 is 31.6. The number of hydrogen-bond acceptors (Lipinski definition) is 15. The SMILES string of the molecule is COC1C(=O)C(C)C[C@H](C)C=CC=CC=C(C)[C@@H](OC)C[C@@H]2CC[C@@H](C)[C@@](O)(O2)C(=O)C(=O)N2CCCC[C@H]2C(=O)O[C@H]([C@H](C)C[C@@H]2CCC(n3cnnn3)[C@H](OC)C2)CC(=O)C(C)=CC(C)[C@H]1O. The minimum Gasteiger partial charge on any atom is -0.460 e. The number of aliphatic hydroxyl groups excluding tert-OH is 1. The van der Waals surface area contributed by atoms with Crippen molar-refractivity contribution in [2.24, 2.45) is 35.5 Å². The zero-order valence-electron chi connectivity index (χ0n) is 42.5. The van der Waals surface area contributed by atoms with Crippen LogP contribution in [0.3, 0.4) is 0 Å². The lowest BCUT2D eigenvalue weighted by atomic mass is 9.77. The van der Waals surface area contributed by atoms with E-state index in [1.165, 1.54) is 12.0 Å². The fraction of sp³-hybridized carbons (Fsp3) is 0.731. The number of carbonyl (C=O) groups is 5. The molecule has 4 aliphatic rings. The van der Waals surface area contributed by atoms with E-state index < -0.39 is 77.8 Å². The molecule has 2 bridgehead atoms. The van der Waals surface area contributed by atoms with Gasteiger partial charge in [-0.25, -0.2) is 9.48 Å². The molecule has 4 unspecified atom stereocenters. The van der Waals surface area contributed by atoms with Gasteiger partial charge < -0.3 is 38.8 Å². The van der Waals surface area contributed by atoms with Gasteiger partial charge >= 0.3 is 5.97 Å². The van der Waals surface area contributed by atoms with Crippen LogP contribution in [0.25, 0.3) is 0 Å². The number of ether oxygens (including phenoxy) is 5. The zero-order chi connectivity index (χ0) is 50.6. The summed E-state index contributed by atoms with van der Waals surface area (Å²) in [6, 6.07) is -1.20. The molecule has 1 aromatic heterocycles. The second-order valence-corrected chi connectivity index (χ2v) is 20.4. The number of piperidine rings is 1. The lowest BCUT2D eigenvalue weighted by Gasteiger charge is -2.42. The van der Waals surface area contributed by atoms with Crippen LogP contribution in [-0.2, 0) is 47.7 Å². The largest absolute Gasteiger partial charge is 0.460 e. The molecular weight excluding hydrogens is 887 g/mol. The predicted octanol–water partition coefficient (Wildman–Crippen LogP) is 6.05. The molecule has 5 rings (SSSR count). The average Bonchev–Trinajstić information content (AvgIpc) is 3.88. The van der Waals surface area contributed by atoms with Crippen LogP contribution in [0.5, 0.6) is 0 Å². The Hall–Kier alpha value is -4.26. The predicted molar refractivity (Wildman–Crippen MR) is 256 cm³/mol. The summed E-state index contributed by atoms with van der Waals surface area (Å²) in [5, 5.41) is 35.2. The number of amides is 1. The van der Waals surface area contributed by atoms with Crippen molar-refractivity contribution in [1.29, 1.82) is 0 Å². The van der Waals surface area contributed by atoms with Crippen LogP contribution in [-0.4, -0.2) is 141 Å². The third-order valence-electron chi connectivity index (χ3n) is 15.2. The maximum atomic E-state index is 14.5. The van der Waals surface area contributed by atoms with Crippen molar-refractivity contribution in [1.82, 2.24) is 25.1 Å². The number of nitrogens with zero attached hydrogens (tertiary/aromatic N) is 5. The number of fused-ring (bicyclic) bond motifs is 3. The number of methoxy groups -OCH3 is 3. The number of hydrogen-bond donors (Lipinski definition) is 2. The van der Waals surface area contributed by atoms with E-state index in [0.717, 1.165) is 18.4 Å². The maximum Gasteiger partial charge on any atom is 0.329 e. The molecule has 384 valence electrons. The van der Waals surface area contributed by atoms with Crippen molar-refractivity contribution in [3.8, 4) is 0 Å². The number of ketones is 3. The quantitative estimate of drug-likeness (QED) is 0.235. The molecule has 2 N–H and O–H groups in total. The van der Waals surface area contributed by atoms with Crippen molar-refractivity contribution in [3.05, 3.63) is 53.9 Å². The third kappa shape index (κ3) is 14.2. The van der Waals surface area contributed by atoms with Crippen molar-refractivity contribution in [2.45, 2.75) is 180 Å². The second kappa shape index (κ2) is 25.7. The molecular formula is C52H79N5O12. The van der Waals surface area contributed by atoms with E-state index in [1.54, 1.807) is 52.1 Å². The first-order chi connectivity index (χ1) is 32.8. The van der Waals surface area contributed by atoms with E-state index in [-0.39, 0.29) is 60.9 Å². The standard InChI is InChI=1S/C52H79N5O12/c1-31-16-12-11-13-17-32(2)43(65-8)28-39-21-19-37(7)52(64,69-39)49(61)50(62)56-23-15-14-18-41(56)51(63)68-44(34(4)26-38-20-22-40(45(27-38)66-9)57-30-53-54-55-57)29-42(58)33(3)25-36(6)47(60)48(67-10)46(59)35(5)24-31/h11-13,16-17,25,30-31,34-41,43-45,47-48,60,64H,14-15,18-24,26-29H2,1-10H3/t31-,34-,35?,36?,37-,38+,39+,40?,41+,43+,44+,45-,47-,48?,52-/m1/s1. The molecule has 3 fully saturated rings. The lowest BCUT2D eigenvalue weighted by Crippen LogP contribution is -2.61. The van der Waals surface area contributed by atoms with Crippen molar-refractivity contribution in [2.75, 3.05) is 27.9 Å². The Morgan fingerprint density at radius 1 is 0.899 bits per heavy atom. The van der Waals surface area contributed by atoms with Gasteiger partial charge in [0.15, 0.2) is 11.6 Å². The minimum absolute atomic E-state index is 0.0197. The Bertz CT molecular complexity index is 2020. The number of Topliss-reactive ketones (excluding diaryl/α,β-unsaturated/α-hetero) is 3. The van der Waals surface area contributed by atoms with E-state index in [2.05, 4.69) is 15.5 Å². The Morgan fingerprint density at radius 3 is 2.33 bits per heavy atom. The Labute approximate surface area is 408 Å². The van der Waals surface area contributed by atoms with E-state index in [0.29, 0.717) is 56.9 Å². The minimum atomic E-state index is -2.43. The van der Waals surface area contributed by atoms with Crippen LogP contribution in [0.2, 0.25) is 0 Å².